The Morgan fingerprint density at radius 3 is 2.56 bits per heavy atom. The Hall–Kier alpha value is -1.86. The monoisotopic (exact) mass is 374 g/mol. The van der Waals surface area contributed by atoms with E-state index in [0.29, 0.717) is 12.8 Å². The molecule has 3 atom stereocenters. The fraction of sp³-hybridized carbons (Fsp3) is 0.588. The van der Waals surface area contributed by atoms with E-state index in [9.17, 15) is 19.5 Å². The van der Waals surface area contributed by atoms with Crippen molar-refractivity contribution in [1.29, 1.82) is 0 Å². The van der Waals surface area contributed by atoms with Gasteiger partial charge in [0, 0.05) is 6.08 Å². The lowest BCUT2D eigenvalue weighted by atomic mass is 9.80. The summed E-state index contributed by atoms with van der Waals surface area (Å²) in [6, 6.07) is 0. The molecule has 3 unspecified atom stereocenters. The Kier molecular flexibility index (Phi) is 9.23. The molecule has 0 bridgehead atoms. The molecule has 0 fully saturated rings. The number of aliphatic hydroxyl groups is 1. The molecule has 1 aliphatic carbocycles. The van der Waals surface area contributed by atoms with Gasteiger partial charge in [-0.2, -0.15) is 0 Å². The predicted molar refractivity (Wildman–Crippen MR) is 89.8 cm³/mol. The van der Waals surface area contributed by atoms with Crippen LogP contribution in [0.4, 0.5) is 0 Å². The quantitative estimate of drug-likeness (QED) is 0.162. The zero-order valence-electron chi connectivity index (χ0n) is 14.1. The van der Waals surface area contributed by atoms with Crippen LogP contribution in [0.25, 0.3) is 0 Å². The molecule has 7 nitrogen and oxygen atoms in total. The van der Waals surface area contributed by atoms with Crippen LogP contribution in [0.5, 0.6) is 0 Å². The van der Waals surface area contributed by atoms with Crippen LogP contribution in [-0.4, -0.2) is 54.8 Å². The Balaban J connectivity index is 2.57. The van der Waals surface area contributed by atoms with Gasteiger partial charge in [0.2, 0.25) is 0 Å². The Labute approximate surface area is 151 Å². The van der Waals surface area contributed by atoms with Gasteiger partial charge in [-0.25, -0.2) is 4.79 Å². The summed E-state index contributed by atoms with van der Waals surface area (Å²) in [6.45, 7) is 4.70. The van der Waals surface area contributed by atoms with Gasteiger partial charge in [0.1, 0.15) is 25.9 Å². The second kappa shape index (κ2) is 10.9. The summed E-state index contributed by atoms with van der Waals surface area (Å²) in [6.07, 6.45) is 2.67. The molecule has 0 aromatic heterocycles. The number of hydrogen-bond acceptors (Lipinski definition) is 7. The first-order valence-corrected chi connectivity index (χ1v) is 8.44. The third-order valence-electron chi connectivity index (χ3n) is 3.69. The normalized spacial score (nSPS) is 20.8. The second-order valence-corrected chi connectivity index (χ2v) is 5.99. The first-order valence-electron chi connectivity index (χ1n) is 7.91. The summed E-state index contributed by atoms with van der Waals surface area (Å²) in [5.41, 5.74) is 0.976. The maximum Gasteiger partial charge on any atom is 0.330 e. The van der Waals surface area contributed by atoms with E-state index in [4.69, 9.17) is 25.8 Å². The molecule has 140 valence electrons. The third-order valence-corrected chi connectivity index (χ3v) is 4.04. The lowest BCUT2D eigenvalue weighted by Gasteiger charge is -2.27. The third kappa shape index (κ3) is 7.27. The number of hydrogen-bond donors (Lipinski definition) is 1. The van der Waals surface area contributed by atoms with E-state index >= 15 is 0 Å². The van der Waals surface area contributed by atoms with Crippen molar-refractivity contribution >= 4 is 29.5 Å². The van der Waals surface area contributed by atoms with Gasteiger partial charge in [-0.3, -0.25) is 9.59 Å². The fourth-order valence-electron chi connectivity index (χ4n) is 2.35. The van der Waals surface area contributed by atoms with E-state index in [-0.39, 0.29) is 25.7 Å². The van der Waals surface area contributed by atoms with Gasteiger partial charge in [-0.05, 0) is 19.8 Å². The molecule has 1 aliphatic rings. The van der Waals surface area contributed by atoms with E-state index < -0.39 is 35.8 Å². The zero-order chi connectivity index (χ0) is 18.8. The first-order chi connectivity index (χ1) is 11.9. The highest BCUT2D eigenvalue weighted by molar-refractivity contribution is 6.18. The summed E-state index contributed by atoms with van der Waals surface area (Å²) < 4.78 is 14.8. The number of alkyl halides is 1. The van der Waals surface area contributed by atoms with Gasteiger partial charge in [0.15, 0.2) is 0 Å². The Morgan fingerprint density at radius 2 is 1.92 bits per heavy atom. The summed E-state index contributed by atoms with van der Waals surface area (Å²) in [5, 5.41) is 9.38. The molecule has 0 spiro atoms. The molecule has 0 amide bonds. The number of aliphatic hydroxyl groups excluding tert-OH is 1. The summed E-state index contributed by atoms with van der Waals surface area (Å²) >= 11 is 5.46. The van der Waals surface area contributed by atoms with Crippen LogP contribution in [0.3, 0.4) is 0 Å². The molecule has 8 heteroatoms. The van der Waals surface area contributed by atoms with Crippen molar-refractivity contribution in [2.75, 3.05) is 25.7 Å². The number of rotatable bonds is 9. The van der Waals surface area contributed by atoms with Crippen molar-refractivity contribution in [1.82, 2.24) is 0 Å². The van der Waals surface area contributed by atoms with Crippen molar-refractivity contribution in [2.45, 2.75) is 25.9 Å². The van der Waals surface area contributed by atoms with Crippen molar-refractivity contribution < 1.29 is 33.7 Å². The molecule has 0 heterocycles. The number of halogens is 1. The average molecular weight is 375 g/mol. The summed E-state index contributed by atoms with van der Waals surface area (Å²) in [7, 11) is 0. The largest absolute Gasteiger partial charge is 0.463 e. The van der Waals surface area contributed by atoms with Crippen LogP contribution in [0.2, 0.25) is 0 Å². The van der Waals surface area contributed by atoms with E-state index in [1.165, 1.54) is 0 Å². The molecule has 1 rings (SSSR count). The molecule has 0 aliphatic heterocycles. The lowest BCUT2D eigenvalue weighted by Crippen LogP contribution is -2.36. The van der Waals surface area contributed by atoms with Gasteiger partial charge in [0.05, 0.1) is 17.7 Å². The number of allylic oxidation sites excluding steroid dienone is 2. The number of esters is 3. The SMILES string of the molecule is C=CC(=O)OCCOC(=O)C1CC=C(C)CC1C(=O)OCC(O)CCl. The number of ether oxygens (including phenoxy) is 3. The zero-order valence-corrected chi connectivity index (χ0v) is 14.9. The first kappa shape index (κ1) is 21.2. The van der Waals surface area contributed by atoms with E-state index in [0.717, 1.165) is 11.6 Å². The molecule has 0 aromatic carbocycles. The molecule has 1 N–H and O–H groups in total. The van der Waals surface area contributed by atoms with Crippen molar-refractivity contribution in [2.24, 2.45) is 11.8 Å². The van der Waals surface area contributed by atoms with Gasteiger partial charge in [-0.15, -0.1) is 11.6 Å². The highest BCUT2D eigenvalue weighted by atomic mass is 35.5. The minimum atomic E-state index is -0.948. The molecule has 0 saturated heterocycles. The van der Waals surface area contributed by atoms with E-state index in [1.807, 2.05) is 13.0 Å². The van der Waals surface area contributed by atoms with E-state index in [1.54, 1.807) is 0 Å². The van der Waals surface area contributed by atoms with Gasteiger partial charge < -0.3 is 19.3 Å². The minimum Gasteiger partial charge on any atom is -0.463 e. The predicted octanol–water partition coefficient (Wildman–Crippen LogP) is 1.37. The topological polar surface area (TPSA) is 99.1 Å². The van der Waals surface area contributed by atoms with Crippen LogP contribution in [0, 0.1) is 11.8 Å². The Morgan fingerprint density at radius 1 is 1.28 bits per heavy atom. The van der Waals surface area contributed by atoms with Crippen LogP contribution in [-0.2, 0) is 28.6 Å². The average Bonchev–Trinajstić information content (AvgIpc) is 2.62. The maximum absolute atomic E-state index is 12.2. The van der Waals surface area contributed by atoms with E-state index in [2.05, 4.69) is 6.58 Å². The summed E-state index contributed by atoms with van der Waals surface area (Å²) in [5.74, 6) is -3.15. The molecule has 0 aromatic rings. The summed E-state index contributed by atoms with van der Waals surface area (Å²) in [4.78, 5) is 35.4. The van der Waals surface area contributed by atoms with Crippen molar-refractivity contribution in [3.05, 3.63) is 24.3 Å². The maximum atomic E-state index is 12.2. The molecule has 0 radical (unpaired) electrons. The highest BCUT2D eigenvalue weighted by Crippen LogP contribution is 2.31. The van der Waals surface area contributed by atoms with Crippen LogP contribution >= 0.6 is 11.6 Å². The van der Waals surface area contributed by atoms with Gasteiger partial charge in [-0.1, -0.05) is 18.2 Å². The number of carbonyl (C=O) groups is 3. The molecule has 25 heavy (non-hydrogen) atoms. The molecular weight excluding hydrogens is 352 g/mol. The van der Waals surface area contributed by atoms with Crippen LogP contribution < -0.4 is 0 Å². The Bertz CT molecular complexity index is 529. The van der Waals surface area contributed by atoms with Gasteiger partial charge >= 0.3 is 17.9 Å². The van der Waals surface area contributed by atoms with Crippen LogP contribution in [0.1, 0.15) is 19.8 Å². The standard InChI is InChI=1S/C17H23ClO7/c1-3-15(20)23-6-7-24-16(21)13-5-4-11(2)8-14(13)17(22)25-10-12(19)9-18/h3-4,12-14,19H,1,5-10H2,2H3. The molecular formula is C17H23ClO7. The minimum absolute atomic E-state index is 0.0498. The molecule has 0 saturated carbocycles. The highest BCUT2D eigenvalue weighted by Gasteiger charge is 2.37. The second-order valence-electron chi connectivity index (χ2n) is 5.68. The van der Waals surface area contributed by atoms with Crippen LogP contribution in [0.15, 0.2) is 24.3 Å². The van der Waals surface area contributed by atoms with Crippen molar-refractivity contribution in [3.63, 3.8) is 0 Å². The van der Waals surface area contributed by atoms with Gasteiger partial charge in [0.25, 0.3) is 0 Å². The smallest absolute Gasteiger partial charge is 0.330 e. The van der Waals surface area contributed by atoms with Crippen molar-refractivity contribution in [3.8, 4) is 0 Å². The lowest BCUT2D eigenvalue weighted by molar-refractivity contribution is -0.163. The fourth-order valence-corrected chi connectivity index (χ4v) is 2.44. The number of carbonyl (C=O) groups excluding carboxylic acids is 3.